The summed E-state index contributed by atoms with van der Waals surface area (Å²) < 4.78 is 0. The highest BCUT2D eigenvalue weighted by Gasteiger charge is 2.08. The number of guanidine groups is 1. The molecule has 0 saturated heterocycles. The molecular weight excluding hydrogens is 366 g/mol. The maximum absolute atomic E-state index is 12.5. The van der Waals surface area contributed by atoms with Crippen LogP contribution in [0.2, 0.25) is 0 Å². The molecule has 29 heavy (non-hydrogen) atoms. The highest BCUT2D eigenvalue weighted by molar-refractivity contribution is 6.05. The number of imidazole rings is 1. The number of hydrogen-bond donors (Lipinski definition) is 4. The third-order valence-corrected chi connectivity index (χ3v) is 4.07. The zero-order chi connectivity index (χ0) is 20.2. The molecule has 0 aliphatic heterocycles. The zero-order valence-corrected chi connectivity index (χ0v) is 16.1. The van der Waals surface area contributed by atoms with Crippen LogP contribution in [0.15, 0.2) is 72.2 Å². The Hall–Kier alpha value is -3.68. The molecule has 0 saturated carbocycles. The van der Waals surface area contributed by atoms with Gasteiger partial charge in [0.1, 0.15) is 5.82 Å². The number of amides is 1. The monoisotopic (exact) mass is 391 g/mol. The fourth-order valence-electron chi connectivity index (χ4n) is 2.63. The van der Waals surface area contributed by atoms with Crippen LogP contribution in [-0.4, -0.2) is 46.5 Å². The van der Waals surface area contributed by atoms with E-state index in [0.29, 0.717) is 31.2 Å². The number of carbonyl (C=O) groups excluding carboxylic acids is 1. The summed E-state index contributed by atoms with van der Waals surface area (Å²) in [5, 5.41) is 9.27. The number of aryl methyl sites for hydroxylation is 1. The van der Waals surface area contributed by atoms with E-state index in [2.05, 4.69) is 35.9 Å². The van der Waals surface area contributed by atoms with Crippen molar-refractivity contribution in [2.45, 2.75) is 12.8 Å². The van der Waals surface area contributed by atoms with Gasteiger partial charge in [0, 0.05) is 37.6 Å². The van der Waals surface area contributed by atoms with E-state index >= 15 is 0 Å². The molecular formula is C21H25N7O. The zero-order valence-electron chi connectivity index (χ0n) is 16.1. The Bertz CT molecular complexity index is 880. The number of H-pyrrole nitrogens is 1. The molecule has 3 rings (SSSR count). The van der Waals surface area contributed by atoms with Crippen molar-refractivity contribution in [3.63, 3.8) is 0 Å². The second kappa shape index (κ2) is 11.2. The van der Waals surface area contributed by atoms with Gasteiger partial charge in [-0.1, -0.05) is 24.3 Å². The summed E-state index contributed by atoms with van der Waals surface area (Å²) >= 11 is 0. The molecule has 0 aliphatic rings. The molecule has 0 radical (unpaired) electrons. The topological polar surface area (TPSA) is 107 Å². The summed E-state index contributed by atoms with van der Waals surface area (Å²) in [5.74, 6) is 1.07. The fourth-order valence-corrected chi connectivity index (χ4v) is 2.63. The Balaban J connectivity index is 1.51. The maximum Gasteiger partial charge on any atom is 0.257 e. The molecule has 0 aliphatic carbocycles. The van der Waals surface area contributed by atoms with Gasteiger partial charge in [0.15, 0.2) is 5.96 Å². The lowest BCUT2D eigenvalue weighted by Crippen LogP contribution is -2.43. The first-order valence-corrected chi connectivity index (χ1v) is 9.58. The number of nitrogens with zero attached hydrogens (tertiary/aromatic N) is 3. The van der Waals surface area contributed by atoms with Gasteiger partial charge in [-0.3, -0.25) is 15.1 Å². The van der Waals surface area contributed by atoms with Crippen molar-refractivity contribution in [3.05, 3.63) is 78.5 Å². The van der Waals surface area contributed by atoms with E-state index in [1.54, 1.807) is 24.7 Å². The van der Waals surface area contributed by atoms with Crippen molar-refractivity contribution in [3.8, 4) is 0 Å². The van der Waals surface area contributed by atoms with Crippen molar-refractivity contribution in [2.75, 3.05) is 25.0 Å². The second-order valence-electron chi connectivity index (χ2n) is 6.28. The molecule has 4 N–H and O–H groups in total. The molecule has 2 heterocycles. The second-order valence-corrected chi connectivity index (χ2v) is 6.28. The number of pyridine rings is 1. The van der Waals surface area contributed by atoms with Gasteiger partial charge in [0.05, 0.1) is 12.0 Å². The van der Waals surface area contributed by atoms with Crippen LogP contribution >= 0.6 is 0 Å². The van der Waals surface area contributed by atoms with Crippen LogP contribution in [0.25, 0.3) is 0 Å². The molecule has 0 bridgehead atoms. The van der Waals surface area contributed by atoms with Crippen molar-refractivity contribution in [2.24, 2.45) is 4.99 Å². The number of carbonyl (C=O) groups is 1. The van der Waals surface area contributed by atoms with Crippen LogP contribution in [0, 0.1) is 0 Å². The molecule has 150 valence electrons. The van der Waals surface area contributed by atoms with Gasteiger partial charge < -0.3 is 15.6 Å². The SMILES string of the molecule is O=C(NC(=NCCCc1c[nH]cn1)NCCNc1ccccn1)c1ccccc1. The minimum absolute atomic E-state index is 0.193. The van der Waals surface area contributed by atoms with Crippen molar-refractivity contribution in [1.29, 1.82) is 0 Å². The van der Waals surface area contributed by atoms with Gasteiger partial charge in [0.25, 0.3) is 5.91 Å². The minimum atomic E-state index is -0.193. The number of hydrogen-bond acceptors (Lipinski definition) is 5. The molecule has 1 amide bonds. The smallest absolute Gasteiger partial charge is 0.257 e. The van der Waals surface area contributed by atoms with Gasteiger partial charge in [0.2, 0.25) is 0 Å². The Morgan fingerprint density at radius 2 is 1.90 bits per heavy atom. The third kappa shape index (κ3) is 7.10. The van der Waals surface area contributed by atoms with Crippen LogP contribution in [0.4, 0.5) is 5.82 Å². The van der Waals surface area contributed by atoms with Gasteiger partial charge in [-0.25, -0.2) is 9.97 Å². The van der Waals surface area contributed by atoms with Crippen LogP contribution < -0.4 is 16.0 Å². The van der Waals surface area contributed by atoms with E-state index < -0.39 is 0 Å². The van der Waals surface area contributed by atoms with E-state index in [1.165, 1.54) is 0 Å². The van der Waals surface area contributed by atoms with Gasteiger partial charge in [-0.15, -0.1) is 0 Å². The highest BCUT2D eigenvalue weighted by Crippen LogP contribution is 2.00. The summed E-state index contributed by atoms with van der Waals surface area (Å²) in [5.41, 5.74) is 1.59. The molecule has 0 spiro atoms. The van der Waals surface area contributed by atoms with E-state index in [9.17, 15) is 4.79 Å². The first-order valence-electron chi connectivity index (χ1n) is 9.58. The molecule has 8 nitrogen and oxygen atoms in total. The van der Waals surface area contributed by atoms with E-state index in [-0.39, 0.29) is 5.91 Å². The number of aromatic amines is 1. The standard InChI is InChI=1S/C21H25N7O/c29-20(17-7-2-1-3-8-17)28-21(25-12-6-9-18-15-22-16-27-18)26-14-13-24-19-10-4-5-11-23-19/h1-5,7-8,10-11,15-16H,6,9,12-14H2,(H,22,27)(H,23,24)(H2,25,26,28,29). The molecule has 0 atom stereocenters. The van der Waals surface area contributed by atoms with E-state index in [1.807, 2.05) is 42.6 Å². The predicted octanol–water partition coefficient (Wildman–Crippen LogP) is 2.22. The lowest BCUT2D eigenvalue weighted by Gasteiger charge is -2.12. The van der Waals surface area contributed by atoms with Crippen LogP contribution in [0.1, 0.15) is 22.5 Å². The van der Waals surface area contributed by atoms with E-state index in [4.69, 9.17) is 0 Å². The molecule has 0 fully saturated rings. The summed E-state index contributed by atoms with van der Waals surface area (Å²) in [6.45, 7) is 1.81. The van der Waals surface area contributed by atoms with Gasteiger partial charge >= 0.3 is 0 Å². The third-order valence-electron chi connectivity index (χ3n) is 4.07. The Morgan fingerprint density at radius 3 is 2.66 bits per heavy atom. The number of rotatable bonds is 9. The fraction of sp³-hybridized carbons (Fsp3) is 0.238. The van der Waals surface area contributed by atoms with Crippen LogP contribution in [0.3, 0.4) is 0 Å². The van der Waals surface area contributed by atoms with Crippen LogP contribution in [-0.2, 0) is 6.42 Å². The molecule has 1 aromatic carbocycles. The largest absolute Gasteiger partial charge is 0.368 e. The Labute approximate surface area is 169 Å². The predicted molar refractivity (Wildman–Crippen MR) is 114 cm³/mol. The first-order chi connectivity index (χ1) is 14.3. The average Bonchev–Trinajstić information content (AvgIpc) is 3.29. The molecule has 0 unspecified atom stereocenters. The van der Waals surface area contributed by atoms with E-state index in [0.717, 1.165) is 24.4 Å². The number of benzene rings is 1. The number of aliphatic imine (C=N–C) groups is 1. The number of aromatic nitrogens is 3. The summed E-state index contributed by atoms with van der Waals surface area (Å²) in [7, 11) is 0. The maximum atomic E-state index is 12.5. The van der Waals surface area contributed by atoms with Crippen molar-refractivity contribution >= 4 is 17.7 Å². The van der Waals surface area contributed by atoms with Gasteiger partial charge in [-0.05, 0) is 37.1 Å². The first kappa shape index (κ1) is 20.1. The number of nitrogens with one attached hydrogen (secondary N) is 4. The van der Waals surface area contributed by atoms with Gasteiger partial charge in [-0.2, -0.15) is 0 Å². The quantitative estimate of drug-likeness (QED) is 0.254. The summed E-state index contributed by atoms with van der Waals surface area (Å²) in [6, 6.07) is 14.8. The van der Waals surface area contributed by atoms with Crippen molar-refractivity contribution in [1.82, 2.24) is 25.6 Å². The lowest BCUT2D eigenvalue weighted by atomic mass is 10.2. The molecule has 2 aromatic heterocycles. The average molecular weight is 391 g/mol. The minimum Gasteiger partial charge on any atom is -0.368 e. The molecule has 3 aromatic rings. The summed E-state index contributed by atoms with van der Waals surface area (Å²) in [6.07, 6.45) is 6.95. The van der Waals surface area contributed by atoms with Crippen LogP contribution in [0.5, 0.6) is 0 Å². The normalized spacial score (nSPS) is 11.1. The Kier molecular flexibility index (Phi) is 7.77. The lowest BCUT2D eigenvalue weighted by molar-refractivity contribution is 0.0975. The Morgan fingerprint density at radius 1 is 1.03 bits per heavy atom. The number of anilines is 1. The molecule has 8 heteroatoms. The highest BCUT2D eigenvalue weighted by atomic mass is 16.1. The van der Waals surface area contributed by atoms with Crippen molar-refractivity contribution < 1.29 is 4.79 Å². The summed E-state index contributed by atoms with van der Waals surface area (Å²) in [4.78, 5) is 28.4.